The summed E-state index contributed by atoms with van der Waals surface area (Å²) in [5.41, 5.74) is 5.67. The zero-order valence-electron chi connectivity index (χ0n) is 12.7. The van der Waals surface area contributed by atoms with Crippen LogP contribution in [-0.4, -0.2) is 10.6 Å². The smallest absolute Gasteiger partial charge is 0.148 e. The third kappa shape index (κ3) is 4.22. The van der Waals surface area contributed by atoms with E-state index >= 15 is 0 Å². The molecule has 0 aliphatic carbocycles. The first kappa shape index (κ1) is 16.2. The van der Waals surface area contributed by atoms with Gasteiger partial charge in [0.1, 0.15) is 21.7 Å². The van der Waals surface area contributed by atoms with E-state index in [4.69, 9.17) is 0 Å². The highest BCUT2D eigenvalue weighted by Gasteiger charge is 2.13. The van der Waals surface area contributed by atoms with Crippen molar-refractivity contribution in [1.82, 2.24) is 4.37 Å². The number of hydrogen-bond acceptors (Lipinski definition) is 6. The van der Waals surface area contributed by atoms with Gasteiger partial charge < -0.3 is 0 Å². The average Bonchev–Trinajstić information content (AvgIpc) is 3.03. The van der Waals surface area contributed by atoms with Crippen molar-refractivity contribution in [3.63, 3.8) is 0 Å². The van der Waals surface area contributed by atoms with Crippen LogP contribution < -0.4 is 5.43 Å². The van der Waals surface area contributed by atoms with Crippen molar-refractivity contribution in [2.75, 3.05) is 5.43 Å². The maximum absolute atomic E-state index is 9.41. The molecule has 3 rings (SSSR count). The highest BCUT2D eigenvalue weighted by molar-refractivity contribution is 7.98. The summed E-state index contributed by atoms with van der Waals surface area (Å²) in [6.45, 7) is 0. The molecule has 0 spiro atoms. The van der Waals surface area contributed by atoms with Gasteiger partial charge in [-0.3, -0.25) is 5.43 Å². The van der Waals surface area contributed by atoms with Gasteiger partial charge in [-0.2, -0.15) is 14.7 Å². The summed E-state index contributed by atoms with van der Waals surface area (Å²) in [6, 6.07) is 22.1. The third-order valence-electron chi connectivity index (χ3n) is 3.17. The first-order chi connectivity index (χ1) is 11.9. The lowest BCUT2D eigenvalue weighted by Crippen LogP contribution is -1.90. The maximum Gasteiger partial charge on any atom is 0.148 e. The van der Waals surface area contributed by atoms with Crippen LogP contribution in [0.3, 0.4) is 0 Å². The molecule has 0 saturated carbocycles. The number of anilines is 1. The lowest BCUT2D eigenvalue weighted by atomic mass is 10.2. The number of benzene rings is 2. The van der Waals surface area contributed by atoms with Gasteiger partial charge in [-0.25, -0.2) is 0 Å². The van der Waals surface area contributed by atoms with Crippen molar-refractivity contribution in [2.45, 2.75) is 10.8 Å². The molecule has 118 valence electrons. The van der Waals surface area contributed by atoms with Crippen molar-refractivity contribution < 1.29 is 0 Å². The molecular weight excluding hydrogens is 336 g/mol. The van der Waals surface area contributed by atoms with E-state index in [-0.39, 0.29) is 0 Å². The minimum Gasteiger partial charge on any atom is -0.266 e. The number of nitriles is 1. The van der Waals surface area contributed by atoms with E-state index in [0.717, 1.165) is 16.3 Å². The predicted octanol–water partition coefficient (Wildman–Crippen LogP) is 4.75. The first-order valence-corrected chi connectivity index (χ1v) is 9.03. The van der Waals surface area contributed by atoms with Crippen LogP contribution >= 0.6 is 23.3 Å². The fourth-order valence-electron chi connectivity index (χ4n) is 1.98. The Balaban J connectivity index is 1.66. The Morgan fingerprint density at radius 1 is 1.12 bits per heavy atom. The van der Waals surface area contributed by atoms with Crippen LogP contribution in [0, 0.1) is 11.3 Å². The first-order valence-electron chi connectivity index (χ1n) is 7.27. The molecule has 0 radical (unpaired) electrons. The van der Waals surface area contributed by atoms with Gasteiger partial charge in [0.2, 0.25) is 0 Å². The summed E-state index contributed by atoms with van der Waals surface area (Å²) in [6.07, 6.45) is 1.72. The molecule has 1 heterocycles. The summed E-state index contributed by atoms with van der Waals surface area (Å²) in [5, 5.41) is 15.0. The van der Waals surface area contributed by atoms with Crippen molar-refractivity contribution in [3.8, 4) is 6.07 Å². The van der Waals surface area contributed by atoms with Crippen molar-refractivity contribution >= 4 is 34.5 Å². The molecule has 0 fully saturated rings. The minimum atomic E-state index is 0.547. The number of rotatable bonds is 6. The lowest BCUT2D eigenvalue weighted by Gasteiger charge is -1.99. The predicted molar refractivity (Wildman–Crippen MR) is 100 cm³/mol. The number of thioether (sulfide) groups is 1. The molecule has 6 heteroatoms. The topological polar surface area (TPSA) is 61.1 Å². The molecule has 0 saturated heterocycles. The van der Waals surface area contributed by atoms with Crippen molar-refractivity contribution in [2.24, 2.45) is 5.10 Å². The zero-order chi connectivity index (χ0) is 16.6. The van der Waals surface area contributed by atoms with Gasteiger partial charge in [0.15, 0.2) is 0 Å². The fraction of sp³-hybridized carbons (Fsp3) is 0.0556. The molecule has 0 atom stereocenters. The Kier molecular flexibility index (Phi) is 5.61. The van der Waals surface area contributed by atoms with Crippen LogP contribution in [0.4, 0.5) is 5.00 Å². The zero-order valence-corrected chi connectivity index (χ0v) is 14.3. The molecule has 1 aromatic heterocycles. The van der Waals surface area contributed by atoms with Gasteiger partial charge in [0.25, 0.3) is 0 Å². The van der Waals surface area contributed by atoms with E-state index in [2.05, 4.69) is 33.1 Å². The van der Waals surface area contributed by atoms with E-state index in [1.165, 1.54) is 17.1 Å². The highest BCUT2D eigenvalue weighted by atomic mass is 32.2. The lowest BCUT2D eigenvalue weighted by molar-refractivity contribution is 1.23. The van der Waals surface area contributed by atoms with Crippen LogP contribution in [0.15, 0.2) is 70.8 Å². The molecule has 1 N–H and O–H groups in total. The summed E-state index contributed by atoms with van der Waals surface area (Å²) in [7, 11) is 0. The molecule has 0 aliphatic rings. The summed E-state index contributed by atoms with van der Waals surface area (Å²) in [5.74, 6) is 0.784. The monoisotopic (exact) mass is 350 g/mol. The van der Waals surface area contributed by atoms with Gasteiger partial charge in [-0.1, -0.05) is 72.4 Å². The largest absolute Gasteiger partial charge is 0.266 e. The van der Waals surface area contributed by atoms with E-state index in [1.807, 2.05) is 48.5 Å². The van der Waals surface area contributed by atoms with Gasteiger partial charge in [-0.05, 0) is 22.7 Å². The van der Waals surface area contributed by atoms with Crippen LogP contribution in [-0.2, 0) is 5.75 Å². The molecular formula is C18H14N4S2. The molecule has 0 aliphatic heterocycles. The Morgan fingerprint density at radius 3 is 2.54 bits per heavy atom. The summed E-state index contributed by atoms with van der Waals surface area (Å²) in [4.78, 5) is 0. The van der Waals surface area contributed by atoms with Crippen LogP contribution in [0.2, 0.25) is 0 Å². The Bertz CT molecular complexity index is 852. The maximum atomic E-state index is 9.41. The van der Waals surface area contributed by atoms with Gasteiger partial charge in [0.05, 0.1) is 6.21 Å². The van der Waals surface area contributed by atoms with Gasteiger partial charge in [0, 0.05) is 5.75 Å². The second-order valence-electron chi connectivity index (χ2n) is 4.86. The van der Waals surface area contributed by atoms with Gasteiger partial charge in [-0.15, -0.1) is 0 Å². The summed E-state index contributed by atoms with van der Waals surface area (Å²) >= 11 is 2.81. The normalized spacial score (nSPS) is 10.6. The van der Waals surface area contributed by atoms with E-state index < -0.39 is 0 Å². The van der Waals surface area contributed by atoms with Crippen LogP contribution in [0.1, 0.15) is 16.7 Å². The SMILES string of the molecule is N#Cc1c(SCc2ccccc2)nsc1N/N=C\c1ccccc1. The number of aromatic nitrogens is 1. The van der Waals surface area contributed by atoms with E-state index in [9.17, 15) is 5.26 Å². The van der Waals surface area contributed by atoms with Crippen molar-refractivity contribution in [3.05, 3.63) is 77.4 Å². The Morgan fingerprint density at radius 2 is 1.83 bits per heavy atom. The van der Waals surface area contributed by atoms with E-state index in [1.54, 1.807) is 18.0 Å². The molecule has 0 bridgehead atoms. The fourth-order valence-corrected chi connectivity index (χ4v) is 3.75. The number of nitrogens with zero attached hydrogens (tertiary/aromatic N) is 3. The number of hydrogen-bond donors (Lipinski definition) is 1. The standard InChI is InChI=1S/C18H14N4S2/c19-11-16-17(21-20-12-14-7-3-1-4-8-14)24-22-18(16)23-13-15-9-5-2-6-10-15/h1-10,12,21H,13H2/b20-12-. The molecule has 3 aromatic rings. The number of nitrogens with one attached hydrogen (secondary N) is 1. The van der Waals surface area contributed by atoms with Gasteiger partial charge >= 0.3 is 0 Å². The van der Waals surface area contributed by atoms with Crippen LogP contribution in [0.25, 0.3) is 0 Å². The Hall–Kier alpha value is -2.62. The van der Waals surface area contributed by atoms with Crippen molar-refractivity contribution in [1.29, 1.82) is 5.26 Å². The quantitative estimate of drug-likeness (QED) is 0.396. The molecule has 0 amide bonds. The second kappa shape index (κ2) is 8.29. The molecule has 24 heavy (non-hydrogen) atoms. The average molecular weight is 350 g/mol. The van der Waals surface area contributed by atoms with E-state index in [0.29, 0.717) is 10.6 Å². The third-order valence-corrected chi connectivity index (χ3v) is 5.08. The Labute approximate surface area is 149 Å². The summed E-state index contributed by atoms with van der Waals surface area (Å²) < 4.78 is 4.37. The molecule has 4 nitrogen and oxygen atoms in total. The van der Waals surface area contributed by atoms with Crippen LogP contribution in [0.5, 0.6) is 0 Å². The molecule has 2 aromatic carbocycles. The second-order valence-corrected chi connectivity index (χ2v) is 6.60. The minimum absolute atomic E-state index is 0.547. The molecule has 0 unspecified atom stereocenters. The number of hydrazone groups is 1. The highest BCUT2D eigenvalue weighted by Crippen LogP contribution is 2.32.